The van der Waals surface area contributed by atoms with Crippen LogP contribution in [0.2, 0.25) is 0 Å². The number of benzene rings is 2. The van der Waals surface area contributed by atoms with Crippen LogP contribution >= 0.6 is 0 Å². The van der Waals surface area contributed by atoms with Crippen molar-refractivity contribution in [1.82, 2.24) is 5.32 Å². The first-order valence-corrected chi connectivity index (χ1v) is 5.25. The first-order valence-electron chi connectivity index (χ1n) is 5.25. The molecule has 0 aliphatic carbocycles. The molecule has 1 saturated heterocycles. The molecule has 76 valence electrons. The van der Waals surface area contributed by atoms with Gasteiger partial charge in [0.15, 0.2) is 0 Å². The summed E-state index contributed by atoms with van der Waals surface area (Å²) in [5, 5.41) is 15.4. The van der Waals surface area contributed by atoms with E-state index in [-0.39, 0.29) is 12.1 Å². The number of hydrogen-bond donors (Lipinski definition) is 2. The van der Waals surface area contributed by atoms with E-state index in [1.165, 1.54) is 16.3 Å². The van der Waals surface area contributed by atoms with Gasteiger partial charge < -0.3 is 10.4 Å². The number of aliphatic hydroxyl groups excluding tert-OH is 1. The summed E-state index contributed by atoms with van der Waals surface area (Å²) in [5.41, 5.74) is 1.20. The highest BCUT2D eigenvalue weighted by Crippen LogP contribution is 2.29. The second-order valence-corrected chi connectivity index (χ2v) is 4.02. The molecule has 0 spiro atoms. The number of β-amino-alcohol motifs (C(OH)–C–C–N with tert-alkyl or cyclic N) is 1. The van der Waals surface area contributed by atoms with Crippen molar-refractivity contribution >= 4 is 10.8 Å². The van der Waals surface area contributed by atoms with Gasteiger partial charge >= 0.3 is 0 Å². The smallest absolute Gasteiger partial charge is 0.0859 e. The number of rotatable bonds is 1. The molecule has 1 heterocycles. The summed E-state index contributed by atoms with van der Waals surface area (Å²) in [5.74, 6) is 0. The summed E-state index contributed by atoms with van der Waals surface area (Å²) >= 11 is 0. The lowest BCUT2D eigenvalue weighted by molar-refractivity contribution is 0.0618. The molecule has 2 N–H and O–H groups in total. The molecule has 15 heavy (non-hydrogen) atoms. The normalized spacial score (nSPS) is 25.1. The van der Waals surface area contributed by atoms with Crippen LogP contribution in [0.25, 0.3) is 10.8 Å². The van der Waals surface area contributed by atoms with E-state index in [9.17, 15) is 5.11 Å². The van der Waals surface area contributed by atoms with Crippen molar-refractivity contribution in [3.8, 4) is 0 Å². The van der Waals surface area contributed by atoms with Gasteiger partial charge in [0.1, 0.15) is 0 Å². The number of fused-ring (bicyclic) bond motifs is 1. The molecule has 2 heteroatoms. The Kier molecular flexibility index (Phi) is 1.97. The van der Waals surface area contributed by atoms with Gasteiger partial charge in [0.2, 0.25) is 0 Å². The van der Waals surface area contributed by atoms with Gasteiger partial charge in [0.25, 0.3) is 0 Å². The van der Waals surface area contributed by atoms with Crippen LogP contribution < -0.4 is 5.32 Å². The lowest BCUT2D eigenvalue weighted by Gasteiger charge is -2.35. The van der Waals surface area contributed by atoms with E-state index >= 15 is 0 Å². The van der Waals surface area contributed by atoms with Crippen LogP contribution in [-0.2, 0) is 0 Å². The molecule has 3 rings (SSSR count). The van der Waals surface area contributed by atoms with Gasteiger partial charge in [-0.15, -0.1) is 0 Å². The molecular weight excluding hydrogens is 186 g/mol. The fourth-order valence-corrected chi connectivity index (χ4v) is 2.18. The summed E-state index contributed by atoms with van der Waals surface area (Å²) in [6.45, 7) is 0.702. The van der Waals surface area contributed by atoms with E-state index in [1.54, 1.807) is 0 Å². The largest absolute Gasteiger partial charge is 0.390 e. The van der Waals surface area contributed by atoms with Crippen molar-refractivity contribution in [1.29, 1.82) is 0 Å². The van der Waals surface area contributed by atoms with Crippen LogP contribution in [0.15, 0.2) is 42.5 Å². The van der Waals surface area contributed by atoms with E-state index in [1.807, 2.05) is 18.2 Å². The zero-order chi connectivity index (χ0) is 10.3. The monoisotopic (exact) mass is 199 g/mol. The van der Waals surface area contributed by atoms with E-state index in [0.29, 0.717) is 6.54 Å². The SMILES string of the molecule is O[C@H]1CN[C@@H]1c1cccc2ccccc12. The third kappa shape index (κ3) is 1.34. The quantitative estimate of drug-likeness (QED) is 0.734. The van der Waals surface area contributed by atoms with Gasteiger partial charge in [-0.25, -0.2) is 0 Å². The Balaban J connectivity index is 2.17. The summed E-state index contributed by atoms with van der Waals surface area (Å²) in [6, 6.07) is 14.6. The second-order valence-electron chi connectivity index (χ2n) is 4.02. The average Bonchev–Trinajstić information content (AvgIpc) is 2.28. The van der Waals surface area contributed by atoms with Crippen LogP contribution in [0.1, 0.15) is 11.6 Å². The first kappa shape index (κ1) is 8.89. The maximum atomic E-state index is 9.66. The Morgan fingerprint density at radius 3 is 2.60 bits per heavy atom. The highest BCUT2D eigenvalue weighted by atomic mass is 16.3. The lowest BCUT2D eigenvalue weighted by Crippen LogP contribution is -2.50. The summed E-state index contributed by atoms with van der Waals surface area (Å²) < 4.78 is 0. The van der Waals surface area contributed by atoms with E-state index in [0.717, 1.165) is 0 Å². The summed E-state index contributed by atoms with van der Waals surface area (Å²) in [7, 11) is 0. The average molecular weight is 199 g/mol. The van der Waals surface area contributed by atoms with Gasteiger partial charge in [-0.05, 0) is 16.3 Å². The molecule has 1 fully saturated rings. The third-order valence-electron chi connectivity index (χ3n) is 3.09. The Labute approximate surface area is 88.5 Å². The number of hydrogen-bond acceptors (Lipinski definition) is 2. The van der Waals surface area contributed by atoms with Gasteiger partial charge in [-0.1, -0.05) is 42.5 Å². The Morgan fingerprint density at radius 2 is 1.87 bits per heavy atom. The molecule has 2 aromatic carbocycles. The summed E-state index contributed by atoms with van der Waals surface area (Å²) in [4.78, 5) is 0. The minimum Gasteiger partial charge on any atom is -0.390 e. The van der Waals surface area contributed by atoms with Gasteiger partial charge in [-0.2, -0.15) is 0 Å². The third-order valence-corrected chi connectivity index (χ3v) is 3.09. The maximum absolute atomic E-state index is 9.66. The van der Waals surface area contributed by atoms with Crippen molar-refractivity contribution in [2.75, 3.05) is 6.54 Å². The minimum atomic E-state index is -0.240. The van der Waals surface area contributed by atoms with Crippen LogP contribution in [0.3, 0.4) is 0 Å². The van der Waals surface area contributed by atoms with Crippen LogP contribution in [-0.4, -0.2) is 17.8 Å². The predicted octanol–water partition coefficient (Wildman–Crippen LogP) is 1.84. The van der Waals surface area contributed by atoms with Crippen molar-refractivity contribution in [2.45, 2.75) is 12.1 Å². The lowest BCUT2D eigenvalue weighted by atomic mass is 9.91. The van der Waals surface area contributed by atoms with E-state index in [4.69, 9.17) is 0 Å². The topological polar surface area (TPSA) is 32.3 Å². The van der Waals surface area contributed by atoms with Crippen molar-refractivity contribution in [3.05, 3.63) is 48.0 Å². The fraction of sp³-hybridized carbons (Fsp3) is 0.231. The standard InChI is InChI=1S/C13H13NO/c15-12-8-14-13(12)11-7-3-5-9-4-1-2-6-10(9)11/h1-7,12-15H,8H2/t12-,13+/m0/s1. The van der Waals surface area contributed by atoms with E-state index < -0.39 is 0 Å². The fourth-order valence-electron chi connectivity index (χ4n) is 2.18. The van der Waals surface area contributed by atoms with Crippen LogP contribution in [0.5, 0.6) is 0 Å². The molecule has 0 aromatic heterocycles. The summed E-state index contributed by atoms with van der Waals surface area (Å²) in [6.07, 6.45) is -0.240. The molecule has 0 radical (unpaired) electrons. The molecule has 2 aromatic rings. The predicted molar refractivity (Wildman–Crippen MR) is 60.7 cm³/mol. The Hall–Kier alpha value is -1.38. The Bertz CT molecular complexity index is 489. The van der Waals surface area contributed by atoms with Crippen LogP contribution in [0, 0.1) is 0 Å². The van der Waals surface area contributed by atoms with Crippen molar-refractivity contribution in [2.24, 2.45) is 0 Å². The number of aliphatic hydroxyl groups is 1. The zero-order valence-corrected chi connectivity index (χ0v) is 8.35. The second kappa shape index (κ2) is 3.33. The molecule has 0 bridgehead atoms. The van der Waals surface area contributed by atoms with Gasteiger partial charge in [0.05, 0.1) is 12.1 Å². The minimum absolute atomic E-state index is 0.107. The molecule has 1 aliphatic heterocycles. The molecule has 0 saturated carbocycles. The molecule has 2 nitrogen and oxygen atoms in total. The molecular formula is C13H13NO. The van der Waals surface area contributed by atoms with Crippen LogP contribution in [0.4, 0.5) is 0 Å². The molecule has 0 amide bonds. The van der Waals surface area contributed by atoms with Gasteiger partial charge in [0, 0.05) is 6.54 Å². The maximum Gasteiger partial charge on any atom is 0.0859 e. The highest BCUT2D eigenvalue weighted by Gasteiger charge is 2.30. The zero-order valence-electron chi connectivity index (χ0n) is 8.35. The first-order chi connectivity index (χ1) is 7.36. The Morgan fingerprint density at radius 1 is 1.07 bits per heavy atom. The molecule has 1 aliphatic rings. The van der Waals surface area contributed by atoms with E-state index in [2.05, 4.69) is 29.6 Å². The van der Waals surface area contributed by atoms with Crippen molar-refractivity contribution < 1.29 is 5.11 Å². The van der Waals surface area contributed by atoms with Crippen molar-refractivity contribution in [3.63, 3.8) is 0 Å². The highest BCUT2D eigenvalue weighted by molar-refractivity contribution is 5.86. The van der Waals surface area contributed by atoms with Gasteiger partial charge in [-0.3, -0.25) is 0 Å². The molecule has 0 unspecified atom stereocenters. The number of nitrogens with one attached hydrogen (secondary N) is 1. The molecule has 2 atom stereocenters.